The topological polar surface area (TPSA) is 40.5 Å². The van der Waals surface area contributed by atoms with Crippen LogP contribution in [-0.4, -0.2) is 22.5 Å². The van der Waals surface area contributed by atoms with Gasteiger partial charge in [0.1, 0.15) is 5.82 Å². The van der Waals surface area contributed by atoms with Gasteiger partial charge in [0.2, 0.25) is 0 Å². The third-order valence-electron chi connectivity index (χ3n) is 3.02. The fraction of sp³-hybridized carbons (Fsp3) is 0.267. The highest BCUT2D eigenvalue weighted by Gasteiger charge is 2.10. The van der Waals surface area contributed by atoms with E-state index in [2.05, 4.69) is 11.0 Å². The Kier molecular flexibility index (Phi) is 4.87. The predicted molar refractivity (Wildman–Crippen MR) is 77.5 cm³/mol. The number of carboxylic acid groups (broad SMARTS) is 1. The molecular formula is C15H16FNO2S. The van der Waals surface area contributed by atoms with Crippen molar-refractivity contribution < 1.29 is 14.3 Å². The van der Waals surface area contributed by atoms with Crippen LogP contribution in [0.4, 0.5) is 4.39 Å². The van der Waals surface area contributed by atoms with E-state index in [1.165, 1.54) is 17.0 Å². The van der Waals surface area contributed by atoms with Gasteiger partial charge in [0, 0.05) is 18.0 Å². The fourth-order valence-electron chi connectivity index (χ4n) is 2.03. The molecule has 0 saturated heterocycles. The first-order chi connectivity index (χ1) is 9.58. The second-order valence-electron chi connectivity index (χ2n) is 4.54. The molecule has 0 amide bonds. The summed E-state index contributed by atoms with van der Waals surface area (Å²) in [6.45, 7) is 4.17. The highest BCUT2D eigenvalue weighted by Crippen LogP contribution is 2.16. The second-order valence-corrected chi connectivity index (χ2v) is 5.57. The fourth-order valence-corrected chi connectivity index (χ4v) is 2.77. The summed E-state index contributed by atoms with van der Waals surface area (Å²) < 4.78 is 13.4. The second kappa shape index (κ2) is 6.63. The van der Waals surface area contributed by atoms with E-state index >= 15 is 0 Å². The molecule has 0 spiro atoms. The summed E-state index contributed by atoms with van der Waals surface area (Å²) in [6, 6.07) is 8.02. The number of hydrogen-bond acceptors (Lipinski definition) is 3. The first-order valence-corrected chi connectivity index (χ1v) is 7.24. The van der Waals surface area contributed by atoms with Crippen LogP contribution in [0.2, 0.25) is 0 Å². The molecule has 20 heavy (non-hydrogen) atoms. The van der Waals surface area contributed by atoms with E-state index in [-0.39, 0.29) is 5.56 Å². The Labute approximate surface area is 121 Å². The summed E-state index contributed by atoms with van der Waals surface area (Å²) in [5, 5.41) is 11.0. The number of aromatic carboxylic acids is 1. The number of benzene rings is 1. The van der Waals surface area contributed by atoms with Crippen LogP contribution in [0, 0.1) is 5.82 Å². The van der Waals surface area contributed by atoms with Gasteiger partial charge >= 0.3 is 5.97 Å². The van der Waals surface area contributed by atoms with Crippen LogP contribution >= 0.6 is 11.3 Å². The van der Waals surface area contributed by atoms with Crippen LogP contribution in [-0.2, 0) is 13.1 Å². The molecule has 0 aliphatic rings. The lowest BCUT2D eigenvalue weighted by Gasteiger charge is -2.20. The van der Waals surface area contributed by atoms with Gasteiger partial charge in [-0.1, -0.05) is 13.0 Å². The van der Waals surface area contributed by atoms with Crippen LogP contribution in [0.5, 0.6) is 0 Å². The molecule has 0 radical (unpaired) electrons. The largest absolute Gasteiger partial charge is 0.478 e. The van der Waals surface area contributed by atoms with Gasteiger partial charge in [0.05, 0.1) is 5.56 Å². The predicted octanol–water partition coefficient (Wildman–Crippen LogP) is 3.61. The summed E-state index contributed by atoms with van der Waals surface area (Å²) >= 11 is 1.68. The van der Waals surface area contributed by atoms with Gasteiger partial charge in [0.25, 0.3) is 0 Å². The highest BCUT2D eigenvalue weighted by molar-refractivity contribution is 7.09. The van der Waals surface area contributed by atoms with Crippen LogP contribution < -0.4 is 0 Å². The molecule has 1 heterocycles. The minimum absolute atomic E-state index is 0.00724. The Balaban J connectivity index is 2.12. The zero-order chi connectivity index (χ0) is 14.5. The molecule has 2 aromatic rings. The number of halogens is 1. The Hall–Kier alpha value is -1.72. The molecule has 0 bridgehead atoms. The number of nitrogens with zero attached hydrogens (tertiary/aromatic N) is 1. The molecule has 5 heteroatoms. The minimum Gasteiger partial charge on any atom is -0.478 e. The quantitative estimate of drug-likeness (QED) is 0.884. The zero-order valence-corrected chi connectivity index (χ0v) is 12.0. The maximum absolute atomic E-state index is 13.4. The van der Waals surface area contributed by atoms with E-state index in [1.807, 2.05) is 18.4 Å². The van der Waals surface area contributed by atoms with Gasteiger partial charge in [-0.3, -0.25) is 4.90 Å². The molecule has 1 N–H and O–H groups in total. The molecule has 0 atom stereocenters. The summed E-state index contributed by atoms with van der Waals surface area (Å²) in [5.41, 5.74) is 0.674. The average molecular weight is 293 g/mol. The van der Waals surface area contributed by atoms with Gasteiger partial charge < -0.3 is 5.11 Å². The third-order valence-corrected chi connectivity index (χ3v) is 3.88. The summed E-state index contributed by atoms with van der Waals surface area (Å²) in [6.07, 6.45) is 0. The van der Waals surface area contributed by atoms with Crippen molar-refractivity contribution in [2.24, 2.45) is 0 Å². The van der Waals surface area contributed by atoms with E-state index in [0.29, 0.717) is 12.1 Å². The molecule has 106 valence electrons. The van der Waals surface area contributed by atoms with Gasteiger partial charge in [-0.2, -0.15) is 0 Å². The monoisotopic (exact) mass is 293 g/mol. The van der Waals surface area contributed by atoms with Crippen LogP contribution in [0.25, 0.3) is 0 Å². The van der Waals surface area contributed by atoms with Crippen LogP contribution in [0.3, 0.4) is 0 Å². The van der Waals surface area contributed by atoms with Crippen molar-refractivity contribution in [2.75, 3.05) is 6.54 Å². The molecule has 1 aromatic heterocycles. The Bertz CT molecular complexity index is 584. The Morgan fingerprint density at radius 2 is 2.15 bits per heavy atom. The van der Waals surface area contributed by atoms with Crippen molar-refractivity contribution in [3.63, 3.8) is 0 Å². The van der Waals surface area contributed by atoms with Crippen LogP contribution in [0.1, 0.15) is 27.7 Å². The molecule has 0 aliphatic heterocycles. The van der Waals surface area contributed by atoms with E-state index in [9.17, 15) is 9.18 Å². The normalized spacial score (nSPS) is 10.9. The summed E-state index contributed by atoms with van der Waals surface area (Å²) in [7, 11) is 0. The molecule has 0 unspecified atom stereocenters. The Morgan fingerprint density at radius 1 is 1.35 bits per heavy atom. The van der Waals surface area contributed by atoms with Crippen molar-refractivity contribution in [3.8, 4) is 0 Å². The van der Waals surface area contributed by atoms with Gasteiger partial charge in [0.15, 0.2) is 0 Å². The number of hydrogen-bond donors (Lipinski definition) is 1. The SMILES string of the molecule is CCN(Cc1cc(F)cc(C(=O)O)c1)Cc1cccs1. The van der Waals surface area contributed by atoms with E-state index in [1.54, 1.807) is 11.3 Å². The molecule has 2 rings (SSSR count). The Morgan fingerprint density at radius 3 is 2.75 bits per heavy atom. The first-order valence-electron chi connectivity index (χ1n) is 6.36. The standard InChI is InChI=1S/C15H16FNO2S/c1-2-17(10-14-4-3-5-20-14)9-11-6-12(15(18)19)8-13(16)7-11/h3-8H,2,9-10H2,1H3,(H,18,19). The molecule has 1 aromatic carbocycles. The molecule has 0 fully saturated rings. The van der Waals surface area contributed by atoms with E-state index in [0.717, 1.165) is 19.2 Å². The summed E-state index contributed by atoms with van der Waals surface area (Å²) in [4.78, 5) is 14.3. The van der Waals surface area contributed by atoms with Crippen molar-refractivity contribution in [2.45, 2.75) is 20.0 Å². The van der Waals surface area contributed by atoms with Gasteiger partial charge in [-0.15, -0.1) is 11.3 Å². The van der Waals surface area contributed by atoms with Crippen molar-refractivity contribution in [1.82, 2.24) is 4.90 Å². The minimum atomic E-state index is -1.10. The van der Waals surface area contributed by atoms with Crippen LogP contribution in [0.15, 0.2) is 35.7 Å². The smallest absolute Gasteiger partial charge is 0.335 e. The number of carboxylic acids is 1. The number of carbonyl (C=O) groups is 1. The van der Waals surface area contributed by atoms with Crippen molar-refractivity contribution in [3.05, 3.63) is 57.5 Å². The number of rotatable bonds is 6. The average Bonchev–Trinajstić information content (AvgIpc) is 2.90. The van der Waals surface area contributed by atoms with Crippen molar-refractivity contribution >= 4 is 17.3 Å². The van der Waals surface area contributed by atoms with Gasteiger partial charge in [-0.25, -0.2) is 9.18 Å². The molecule has 3 nitrogen and oxygen atoms in total. The van der Waals surface area contributed by atoms with Gasteiger partial charge in [-0.05, 0) is 41.8 Å². The molecular weight excluding hydrogens is 277 g/mol. The lowest BCUT2D eigenvalue weighted by Crippen LogP contribution is -2.22. The molecule has 0 aliphatic carbocycles. The zero-order valence-electron chi connectivity index (χ0n) is 11.2. The lowest BCUT2D eigenvalue weighted by atomic mass is 10.1. The summed E-state index contributed by atoms with van der Waals surface area (Å²) in [5.74, 6) is -1.61. The van der Waals surface area contributed by atoms with E-state index < -0.39 is 11.8 Å². The van der Waals surface area contributed by atoms with E-state index in [4.69, 9.17) is 5.11 Å². The third kappa shape index (κ3) is 3.88. The number of thiophene rings is 1. The first kappa shape index (κ1) is 14.7. The highest BCUT2D eigenvalue weighted by atomic mass is 32.1. The maximum atomic E-state index is 13.4. The maximum Gasteiger partial charge on any atom is 0.335 e. The lowest BCUT2D eigenvalue weighted by molar-refractivity contribution is 0.0696. The molecule has 0 saturated carbocycles. The van der Waals surface area contributed by atoms with Crippen molar-refractivity contribution in [1.29, 1.82) is 0 Å².